The molecule has 0 aliphatic heterocycles. The second-order valence-corrected chi connectivity index (χ2v) is 8.11. The van der Waals surface area contributed by atoms with Gasteiger partial charge in [-0.1, -0.05) is 72.8 Å². The van der Waals surface area contributed by atoms with Gasteiger partial charge in [-0.15, -0.1) is 0 Å². The fourth-order valence-electron chi connectivity index (χ4n) is 4.06. The molecular weight excluding hydrogens is 462 g/mol. The number of non-ortho nitro benzene ring substituents is 1. The molecule has 3 N–H and O–H groups in total. The number of nitro groups is 1. The van der Waals surface area contributed by atoms with Crippen LogP contribution in [0.4, 0.5) is 5.69 Å². The zero-order valence-corrected chi connectivity index (χ0v) is 19.7. The minimum absolute atomic E-state index is 0.128. The minimum Gasteiger partial charge on any atom is -0.466 e. The lowest BCUT2D eigenvalue weighted by Crippen LogP contribution is -2.50. The van der Waals surface area contributed by atoms with Crippen molar-refractivity contribution in [1.82, 2.24) is 5.32 Å². The molecule has 9 nitrogen and oxygen atoms in total. The van der Waals surface area contributed by atoms with Crippen molar-refractivity contribution in [3.05, 3.63) is 112 Å². The van der Waals surface area contributed by atoms with Crippen LogP contribution in [0, 0.1) is 10.1 Å². The van der Waals surface area contributed by atoms with Crippen LogP contribution in [-0.2, 0) is 19.1 Å². The summed E-state index contributed by atoms with van der Waals surface area (Å²) in [5.74, 6) is -3.57. The van der Waals surface area contributed by atoms with Gasteiger partial charge in [0.25, 0.3) is 5.69 Å². The summed E-state index contributed by atoms with van der Waals surface area (Å²) in [7, 11) is 0. The lowest BCUT2D eigenvalue weighted by Gasteiger charge is -2.28. The summed E-state index contributed by atoms with van der Waals surface area (Å²) in [5.41, 5.74) is 7.41. The largest absolute Gasteiger partial charge is 0.466 e. The predicted molar refractivity (Wildman–Crippen MR) is 133 cm³/mol. The standard InChI is InChI=1S/C27H27N3O6/c1-2-36-23(31)17-22(18-13-15-21(16-14-18)30(34)35)25(26(28)32)29-27(33)24(19-9-5-3-6-10-19)20-11-7-4-8-12-20/h3-16,22,24-25H,2,17H2,1H3,(H2,28,32)(H,29,33)/t22-,25-/m1/s1. The van der Waals surface area contributed by atoms with E-state index in [4.69, 9.17) is 10.5 Å². The number of hydrogen-bond acceptors (Lipinski definition) is 6. The van der Waals surface area contributed by atoms with Gasteiger partial charge in [0.1, 0.15) is 6.04 Å². The highest BCUT2D eigenvalue weighted by atomic mass is 16.6. The smallest absolute Gasteiger partial charge is 0.306 e. The molecular formula is C27H27N3O6. The molecule has 0 fully saturated rings. The average molecular weight is 490 g/mol. The molecule has 0 heterocycles. The van der Waals surface area contributed by atoms with Crippen molar-refractivity contribution in [1.29, 1.82) is 0 Å². The number of carbonyl (C=O) groups excluding carboxylic acids is 3. The van der Waals surface area contributed by atoms with Crippen LogP contribution in [-0.4, -0.2) is 35.4 Å². The molecule has 0 spiro atoms. The van der Waals surface area contributed by atoms with Gasteiger partial charge in [-0.05, 0) is 23.6 Å². The number of primary amides is 1. The van der Waals surface area contributed by atoms with Crippen LogP contribution in [0.15, 0.2) is 84.9 Å². The van der Waals surface area contributed by atoms with Crippen molar-refractivity contribution < 1.29 is 24.0 Å². The van der Waals surface area contributed by atoms with Crippen molar-refractivity contribution in [2.24, 2.45) is 5.73 Å². The molecule has 0 unspecified atom stereocenters. The first-order valence-electron chi connectivity index (χ1n) is 11.4. The molecule has 2 amide bonds. The van der Waals surface area contributed by atoms with E-state index in [1.807, 2.05) is 60.7 Å². The van der Waals surface area contributed by atoms with Crippen LogP contribution in [0.25, 0.3) is 0 Å². The van der Waals surface area contributed by atoms with Crippen molar-refractivity contribution in [3.8, 4) is 0 Å². The van der Waals surface area contributed by atoms with E-state index in [2.05, 4.69) is 5.32 Å². The van der Waals surface area contributed by atoms with E-state index in [-0.39, 0.29) is 18.7 Å². The van der Waals surface area contributed by atoms with Gasteiger partial charge in [0.05, 0.1) is 23.9 Å². The SMILES string of the molecule is CCOC(=O)C[C@H](c1ccc([N+](=O)[O-])cc1)[C@@H](NC(=O)C(c1ccccc1)c1ccccc1)C(N)=O. The van der Waals surface area contributed by atoms with Gasteiger partial charge in [0.15, 0.2) is 0 Å². The highest BCUT2D eigenvalue weighted by Gasteiger charge is 2.34. The lowest BCUT2D eigenvalue weighted by molar-refractivity contribution is -0.384. The van der Waals surface area contributed by atoms with Crippen molar-refractivity contribution in [2.75, 3.05) is 6.61 Å². The molecule has 0 saturated heterocycles. The molecule has 36 heavy (non-hydrogen) atoms. The van der Waals surface area contributed by atoms with Crippen LogP contribution in [0.2, 0.25) is 0 Å². The van der Waals surface area contributed by atoms with Gasteiger partial charge < -0.3 is 15.8 Å². The van der Waals surface area contributed by atoms with E-state index in [1.54, 1.807) is 6.92 Å². The summed E-state index contributed by atoms with van der Waals surface area (Å²) in [6.45, 7) is 1.78. The number of ether oxygens (including phenoxy) is 1. The van der Waals surface area contributed by atoms with Crippen LogP contribution < -0.4 is 11.1 Å². The van der Waals surface area contributed by atoms with Crippen LogP contribution in [0.1, 0.15) is 41.9 Å². The zero-order chi connectivity index (χ0) is 26.1. The van der Waals surface area contributed by atoms with Crippen LogP contribution in [0.3, 0.4) is 0 Å². The molecule has 0 aromatic heterocycles. The molecule has 0 bridgehead atoms. The summed E-state index contributed by atoms with van der Waals surface area (Å²) in [6.07, 6.45) is -0.263. The second-order valence-electron chi connectivity index (χ2n) is 8.11. The van der Waals surface area contributed by atoms with Gasteiger partial charge in [-0.25, -0.2) is 0 Å². The third-order valence-corrected chi connectivity index (χ3v) is 5.76. The Balaban J connectivity index is 1.99. The van der Waals surface area contributed by atoms with Gasteiger partial charge in [-0.2, -0.15) is 0 Å². The lowest BCUT2D eigenvalue weighted by atomic mass is 9.86. The summed E-state index contributed by atoms with van der Waals surface area (Å²) in [4.78, 5) is 49.2. The second kappa shape index (κ2) is 12.3. The molecule has 3 aromatic rings. The molecule has 3 aromatic carbocycles. The van der Waals surface area contributed by atoms with E-state index in [0.29, 0.717) is 16.7 Å². The number of nitrogens with two attached hydrogens (primary N) is 1. The zero-order valence-electron chi connectivity index (χ0n) is 19.7. The Morgan fingerprint density at radius 1 is 0.889 bits per heavy atom. The molecule has 2 atom stereocenters. The predicted octanol–water partition coefficient (Wildman–Crippen LogP) is 3.43. The molecule has 9 heteroatoms. The Morgan fingerprint density at radius 2 is 1.42 bits per heavy atom. The number of nitrogens with zero attached hydrogens (tertiary/aromatic N) is 1. The number of nitro benzene ring substituents is 1. The molecule has 186 valence electrons. The number of hydrogen-bond donors (Lipinski definition) is 2. The van der Waals surface area contributed by atoms with Gasteiger partial charge in [0.2, 0.25) is 11.8 Å². The first kappa shape index (κ1) is 26.1. The maximum absolute atomic E-state index is 13.6. The number of rotatable bonds is 11. The van der Waals surface area contributed by atoms with Crippen molar-refractivity contribution in [2.45, 2.75) is 31.2 Å². The van der Waals surface area contributed by atoms with Crippen molar-refractivity contribution >= 4 is 23.5 Å². The van der Waals surface area contributed by atoms with Gasteiger partial charge >= 0.3 is 5.97 Å². The number of amides is 2. The Bertz CT molecular complexity index is 1160. The number of carbonyl (C=O) groups is 3. The molecule has 0 aliphatic rings. The van der Waals surface area contributed by atoms with Crippen LogP contribution >= 0.6 is 0 Å². The fraction of sp³-hybridized carbons (Fsp3) is 0.222. The third kappa shape index (κ3) is 6.53. The summed E-state index contributed by atoms with van der Waals surface area (Å²) in [5, 5.41) is 13.8. The number of esters is 1. The monoisotopic (exact) mass is 489 g/mol. The van der Waals surface area contributed by atoms with E-state index < -0.39 is 40.6 Å². The maximum Gasteiger partial charge on any atom is 0.306 e. The van der Waals surface area contributed by atoms with E-state index >= 15 is 0 Å². The molecule has 0 radical (unpaired) electrons. The third-order valence-electron chi connectivity index (χ3n) is 5.76. The quantitative estimate of drug-likeness (QED) is 0.240. The topological polar surface area (TPSA) is 142 Å². The van der Waals surface area contributed by atoms with E-state index in [9.17, 15) is 24.5 Å². The first-order valence-corrected chi connectivity index (χ1v) is 11.4. The Labute approximate surface area is 208 Å². The normalized spacial score (nSPS) is 12.4. The van der Waals surface area contributed by atoms with E-state index in [1.165, 1.54) is 24.3 Å². The summed E-state index contributed by atoms with van der Waals surface area (Å²) < 4.78 is 5.06. The Kier molecular flexibility index (Phi) is 8.88. The fourth-order valence-corrected chi connectivity index (χ4v) is 4.06. The number of nitrogens with one attached hydrogen (secondary N) is 1. The molecule has 3 rings (SSSR count). The maximum atomic E-state index is 13.6. The molecule has 0 aliphatic carbocycles. The van der Waals surface area contributed by atoms with E-state index in [0.717, 1.165) is 0 Å². The summed E-state index contributed by atoms with van der Waals surface area (Å²) in [6, 6.07) is 22.3. The van der Waals surface area contributed by atoms with Gasteiger partial charge in [-0.3, -0.25) is 24.5 Å². The first-order chi connectivity index (χ1) is 17.3. The average Bonchev–Trinajstić information content (AvgIpc) is 2.87. The number of benzene rings is 3. The van der Waals surface area contributed by atoms with Crippen molar-refractivity contribution in [3.63, 3.8) is 0 Å². The van der Waals surface area contributed by atoms with Crippen LogP contribution in [0.5, 0.6) is 0 Å². The molecule has 0 saturated carbocycles. The Hall–Kier alpha value is -4.53. The summed E-state index contributed by atoms with van der Waals surface area (Å²) >= 11 is 0. The highest BCUT2D eigenvalue weighted by molar-refractivity contribution is 5.93. The minimum atomic E-state index is -1.28. The Morgan fingerprint density at radius 3 is 1.86 bits per heavy atom. The van der Waals surface area contributed by atoms with Gasteiger partial charge in [0, 0.05) is 18.1 Å². The highest BCUT2D eigenvalue weighted by Crippen LogP contribution is 2.29.